The van der Waals surface area contributed by atoms with Crippen LogP contribution in [0.15, 0.2) is 39.2 Å². The molecule has 0 spiro atoms. The van der Waals surface area contributed by atoms with Crippen LogP contribution in [-0.4, -0.2) is 34.7 Å². The van der Waals surface area contributed by atoms with Crippen molar-refractivity contribution in [3.63, 3.8) is 0 Å². The zero-order valence-electron chi connectivity index (χ0n) is 11.9. The Balaban J connectivity index is 2.18. The van der Waals surface area contributed by atoms with Gasteiger partial charge in [-0.05, 0) is 38.1 Å². The van der Waals surface area contributed by atoms with E-state index in [0.29, 0.717) is 23.4 Å². The third kappa shape index (κ3) is 4.54. The second-order valence-electron chi connectivity index (χ2n) is 4.67. The highest BCUT2D eigenvalue weighted by molar-refractivity contribution is 9.10. The molecule has 2 rings (SSSR count). The Morgan fingerprint density at radius 3 is 2.90 bits per heavy atom. The molecule has 1 aromatic carbocycles. The first-order chi connectivity index (χ1) is 10.0. The number of rotatable bonds is 6. The molecule has 0 amide bonds. The Kier molecular flexibility index (Phi) is 5.80. The van der Waals surface area contributed by atoms with Gasteiger partial charge < -0.3 is 10.1 Å². The van der Waals surface area contributed by atoms with Gasteiger partial charge in [-0.25, -0.2) is 13.1 Å². The van der Waals surface area contributed by atoms with Crippen LogP contribution in [-0.2, 0) is 10.0 Å². The van der Waals surface area contributed by atoms with Gasteiger partial charge in [-0.3, -0.25) is 0 Å². The van der Waals surface area contributed by atoms with Crippen LogP contribution in [0.4, 0.5) is 0 Å². The lowest BCUT2D eigenvalue weighted by Crippen LogP contribution is -2.30. The van der Waals surface area contributed by atoms with Gasteiger partial charge in [0.15, 0.2) is 0 Å². The summed E-state index contributed by atoms with van der Waals surface area (Å²) in [4.78, 5) is 0.160. The molecule has 0 bridgehead atoms. The predicted octanol–water partition coefficient (Wildman–Crippen LogP) is 2.05. The maximum atomic E-state index is 12.5. The topological polar surface area (TPSA) is 67.4 Å². The fraction of sp³-hybridized carbons (Fsp3) is 0.429. The molecule has 21 heavy (non-hydrogen) atoms. The molecule has 0 aliphatic carbocycles. The molecule has 1 aliphatic rings. The molecule has 7 heteroatoms. The summed E-state index contributed by atoms with van der Waals surface area (Å²) in [5.41, 5.74) is 1.10. The van der Waals surface area contributed by atoms with Gasteiger partial charge in [0.2, 0.25) is 10.0 Å². The lowest BCUT2D eigenvalue weighted by atomic mass is 10.1. The summed E-state index contributed by atoms with van der Waals surface area (Å²) in [5.74, 6) is 0.368. The molecule has 1 aromatic rings. The molecule has 0 saturated carbocycles. The minimum Gasteiger partial charge on any atom is -0.492 e. The second kappa shape index (κ2) is 7.40. The van der Waals surface area contributed by atoms with Crippen LogP contribution < -0.4 is 14.8 Å². The molecule has 0 aromatic heterocycles. The third-order valence-electron chi connectivity index (χ3n) is 3.14. The fourth-order valence-electron chi connectivity index (χ4n) is 2.06. The average molecular weight is 375 g/mol. The lowest BCUT2D eigenvalue weighted by molar-refractivity contribution is 0.331. The number of benzene rings is 1. The Hall–Kier alpha value is -0.890. The molecule has 116 valence electrons. The zero-order chi connectivity index (χ0) is 15.3. The molecule has 1 heterocycles. The lowest BCUT2D eigenvalue weighted by Gasteiger charge is -2.16. The summed E-state index contributed by atoms with van der Waals surface area (Å²) in [7, 11) is -3.60. The van der Waals surface area contributed by atoms with Gasteiger partial charge in [0.1, 0.15) is 10.6 Å². The molecule has 0 fully saturated rings. The first-order valence-corrected chi connectivity index (χ1v) is 9.11. The number of nitrogens with one attached hydrogen (secondary N) is 2. The molecule has 2 N–H and O–H groups in total. The summed E-state index contributed by atoms with van der Waals surface area (Å²) in [6.07, 6.45) is 2.88. The smallest absolute Gasteiger partial charge is 0.244 e. The van der Waals surface area contributed by atoms with Crippen molar-refractivity contribution in [3.8, 4) is 5.75 Å². The Morgan fingerprint density at radius 2 is 2.24 bits per heavy atom. The van der Waals surface area contributed by atoms with E-state index in [9.17, 15) is 8.42 Å². The fourth-order valence-corrected chi connectivity index (χ4v) is 3.78. The van der Waals surface area contributed by atoms with Gasteiger partial charge in [0.05, 0.1) is 6.61 Å². The van der Waals surface area contributed by atoms with Gasteiger partial charge in [0, 0.05) is 17.6 Å². The molecule has 5 nitrogen and oxygen atoms in total. The van der Waals surface area contributed by atoms with E-state index < -0.39 is 10.0 Å². The Labute approximate surface area is 133 Å². The highest BCUT2D eigenvalue weighted by Gasteiger charge is 2.20. The molecule has 1 aliphatic heterocycles. The van der Waals surface area contributed by atoms with Crippen LogP contribution in [0.3, 0.4) is 0 Å². The largest absolute Gasteiger partial charge is 0.492 e. The van der Waals surface area contributed by atoms with Crippen LogP contribution in [0.2, 0.25) is 0 Å². The molecular weight excluding hydrogens is 356 g/mol. The molecule has 0 atom stereocenters. The van der Waals surface area contributed by atoms with Crippen LogP contribution in [0.25, 0.3) is 0 Å². The molecule has 0 radical (unpaired) electrons. The summed E-state index contributed by atoms with van der Waals surface area (Å²) >= 11 is 3.30. The summed E-state index contributed by atoms with van der Waals surface area (Å²) in [6.45, 7) is 4.25. The van der Waals surface area contributed by atoms with E-state index in [0.717, 1.165) is 25.1 Å². The normalized spacial score (nSPS) is 15.6. The van der Waals surface area contributed by atoms with Crippen molar-refractivity contribution in [1.29, 1.82) is 0 Å². The summed E-state index contributed by atoms with van der Waals surface area (Å²) < 4.78 is 33.7. The van der Waals surface area contributed by atoms with E-state index in [2.05, 4.69) is 26.0 Å². The monoisotopic (exact) mass is 374 g/mol. The Morgan fingerprint density at radius 1 is 1.43 bits per heavy atom. The number of hydrogen-bond donors (Lipinski definition) is 2. The van der Waals surface area contributed by atoms with Gasteiger partial charge in [-0.15, -0.1) is 0 Å². The average Bonchev–Trinajstić information content (AvgIpc) is 2.48. The summed E-state index contributed by atoms with van der Waals surface area (Å²) in [5, 5.41) is 3.20. The zero-order valence-corrected chi connectivity index (χ0v) is 14.3. The minimum absolute atomic E-state index is 0.160. The number of ether oxygens (including phenoxy) is 1. The van der Waals surface area contributed by atoms with E-state index in [1.165, 1.54) is 0 Å². The molecule has 0 saturated heterocycles. The van der Waals surface area contributed by atoms with Gasteiger partial charge in [0.25, 0.3) is 0 Å². The van der Waals surface area contributed by atoms with Gasteiger partial charge >= 0.3 is 0 Å². The van der Waals surface area contributed by atoms with Crippen molar-refractivity contribution in [3.05, 3.63) is 34.3 Å². The van der Waals surface area contributed by atoms with Crippen molar-refractivity contribution < 1.29 is 13.2 Å². The number of sulfonamides is 1. The highest BCUT2D eigenvalue weighted by atomic mass is 79.9. The minimum atomic E-state index is -3.60. The SMILES string of the molecule is CCOc1ccc(Br)cc1S(=O)(=O)NCC1=CCNCC1. The van der Waals surface area contributed by atoms with Crippen molar-refractivity contribution >= 4 is 26.0 Å². The highest BCUT2D eigenvalue weighted by Crippen LogP contribution is 2.27. The summed E-state index contributed by atoms with van der Waals surface area (Å²) in [6, 6.07) is 4.98. The van der Waals surface area contributed by atoms with Crippen LogP contribution in [0, 0.1) is 0 Å². The van der Waals surface area contributed by atoms with E-state index in [1.807, 2.05) is 13.0 Å². The van der Waals surface area contributed by atoms with Crippen LogP contribution in [0.5, 0.6) is 5.75 Å². The first kappa shape index (κ1) is 16.5. The maximum absolute atomic E-state index is 12.5. The third-order valence-corrected chi connectivity index (χ3v) is 5.06. The van der Waals surface area contributed by atoms with Crippen molar-refractivity contribution in [2.24, 2.45) is 0 Å². The molecular formula is C14H19BrN2O3S. The van der Waals surface area contributed by atoms with Crippen molar-refractivity contribution in [2.45, 2.75) is 18.2 Å². The van der Waals surface area contributed by atoms with E-state index in [1.54, 1.807) is 18.2 Å². The van der Waals surface area contributed by atoms with Gasteiger partial charge in [-0.1, -0.05) is 27.6 Å². The quantitative estimate of drug-likeness (QED) is 0.747. The predicted molar refractivity (Wildman–Crippen MR) is 86.1 cm³/mol. The standard InChI is InChI=1S/C14H19BrN2O3S/c1-2-20-13-4-3-12(15)9-14(13)21(18,19)17-10-11-5-7-16-8-6-11/h3-5,9,16-17H,2,6-8,10H2,1H3. The Bertz CT molecular complexity index is 629. The first-order valence-electron chi connectivity index (χ1n) is 6.83. The number of halogens is 1. The van der Waals surface area contributed by atoms with E-state index in [4.69, 9.17) is 4.74 Å². The van der Waals surface area contributed by atoms with E-state index >= 15 is 0 Å². The van der Waals surface area contributed by atoms with E-state index in [-0.39, 0.29) is 4.90 Å². The molecule has 0 unspecified atom stereocenters. The van der Waals surface area contributed by atoms with Gasteiger partial charge in [-0.2, -0.15) is 0 Å². The number of hydrogen-bond acceptors (Lipinski definition) is 4. The van der Waals surface area contributed by atoms with Crippen molar-refractivity contribution in [1.82, 2.24) is 10.0 Å². The second-order valence-corrected chi connectivity index (χ2v) is 7.32. The maximum Gasteiger partial charge on any atom is 0.244 e. The van der Waals surface area contributed by atoms with Crippen molar-refractivity contribution in [2.75, 3.05) is 26.2 Å². The van der Waals surface area contributed by atoms with Crippen LogP contribution in [0.1, 0.15) is 13.3 Å². The van der Waals surface area contributed by atoms with Crippen LogP contribution >= 0.6 is 15.9 Å².